The Morgan fingerprint density at radius 2 is 1.65 bits per heavy atom. The van der Waals surface area contributed by atoms with Gasteiger partial charge in [-0.3, -0.25) is 4.90 Å². The topological polar surface area (TPSA) is 21.7 Å². The molecule has 7 heteroatoms. The lowest BCUT2D eigenvalue weighted by atomic mass is 9.78. The maximum atomic E-state index is 14.4. The van der Waals surface area contributed by atoms with Gasteiger partial charge in [-0.15, -0.1) is 0 Å². The van der Waals surface area contributed by atoms with E-state index in [4.69, 9.17) is 9.31 Å². The standard InChI is InChI=1S/C16H21BF3NO2/c1-14(2)15(3,4)23-17(22-14)12-6-5-11(7-13(12)18)8-21-9-16(19,20)10-21/h5-7H,8-10H2,1-4H3. The van der Waals surface area contributed by atoms with Crippen molar-refractivity contribution < 1.29 is 22.5 Å². The summed E-state index contributed by atoms with van der Waals surface area (Å²) in [5.74, 6) is -3.05. The van der Waals surface area contributed by atoms with Crippen molar-refractivity contribution in [1.29, 1.82) is 0 Å². The van der Waals surface area contributed by atoms with E-state index in [2.05, 4.69) is 0 Å². The van der Waals surface area contributed by atoms with E-state index in [0.717, 1.165) is 0 Å². The van der Waals surface area contributed by atoms with E-state index in [1.807, 2.05) is 27.7 Å². The monoisotopic (exact) mass is 327 g/mol. The Morgan fingerprint density at radius 1 is 1.09 bits per heavy atom. The van der Waals surface area contributed by atoms with E-state index in [9.17, 15) is 13.2 Å². The summed E-state index contributed by atoms with van der Waals surface area (Å²) in [5.41, 5.74) is -0.0718. The van der Waals surface area contributed by atoms with Crippen LogP contribution in [0.25, 0.3) is 0 Å². The summed E-state index contributed by atoms with van der Waals surface area (Å²) < 4.78 is 51.8. The van der Waals surface area contributed by atoms with E-state index in [1.165, 1.54) is 6.07 Å². The second-order valence-electron chi connectivity index (χ2n) is 7.45. The lowest BCUT2D eigenvalue weighted by Crippen LogP contribution is -2.55. The number of halogens is 3. The fraction of sp³-hybridized carbons (Fsp3) is 0.625. The van der Waals surface area contributed by atoms with Crippen molar-refractivity contribution in [3.05, 3.63) is 29.6 Å². The summed E-state index contributed by atoms with van der Waals surface area (Å²) in [6.45, 7) is 7.40. The SMILES string of the molecule is CC1(C)OB(c2ccc(CN3CC(F)(F)C3)cc2F)OC1(C)C. The van der Waals surface area contributed by atoms with Gasteiger partial charge in [0.25, 0.3) is 5.92 Å². The molecule has 3 rings (SSSR count). The number of alkyl halides is 2. The highest BCUT2D eigenvalue weighted by atomic mass is 19.3. The minimum Gasteiger partial charge on any atom is -0.399 e. The molecule has 3 nitrogen and oxygen atoms in total. The normalized spacial score (nSPS) is 25.4. The zero-order valence-electron chi connectivity index (χ0n) is 13.8. The van der Waals surface area contributed by atoms with Gasteiger partial charge < -0.3 is 9.31 Å². The molecule has 126 valence electrons. The molecule has 0 aliphatic carbocycles. The number of likely N-dealkylation sites (tertiary alicyclic amines) is 1. The molecule has 2 heterocycles. The maximum absolute atomic E-state index is 14.4. The molecule has 23 heavy (non-hydrogen) atoms. The highest BCUT2D eigenvalue weighted by Gasteiger charge is 2.52. The fourth-order valence-electron chi connectivity index (χ4n) is 2.81. The molecule has 0 amide bonds. The quantitative estimate of drug-likeness (QED) is 0.797. The molecular weight excluding hydrogens is 306 g/mol. The van der Waals surface area contributed by atoms with E-state index in [-0.39, 0.29) is 13.1 Å². The number of hydrogen-bond acceptors (Lipinski definition) is 3. The van der Waals surface area contributed by atoms with Crippen molar-refractivity contribution in [3.63, 3.8) is 0 Å². The third-order valence-corrected chi connectivity index (χ3v) is 4.89. The molecule has 1 aromatic carbocycles. The molecule has 0 aromatic heterocycles. The molecule has 0 bridgehead atoms. The second-order valence-corrected chi connectivity index (χ2v) is 7.45. The van der Waals surface area contributed by atoms with E-state index in [0.29, 0.717) is 17.6 Å². The fourth-order valence-corrected chi connectivity index (χ4v) is 2.81. The highest BCUT2D eigenvalue weighted by Crippen LogP contribution is 2.36. The predicted octanol–water partition coefficient (Wildman–Crippen LogP) is 2.58. The Bertz CT molecular complexity index is 597. The zero-order valence-corrected chi connectivity index (χ0v) is 13.8. The molecule has 0 N–H and O–H groups in total. The number of nitrogens with zero attached hydrogens (tertiary/aromatic N) is 1. The molecule has 2 fully saturated rings. The first-order chi connectivity index (χ1) is 10.5. The van der Waals surface area contributed by atoms with Crippen LogP contribution >= 0.6 is 0 Å². The maximum Gasteiger partial charge on any atom is 0.497 e. The Hall–Kier alpha value is -1.05. The van der Waals surface area contributed by atoms with Gasteiger partial charge in [-0.2, -0.15) is 0 Å². The van der Waals surface area contributed by atoms with Crippen LogP contribution in [0, 0.1) is 5.82 Å². The van der Waals surface area contributed by atoms with Crippen molar-refractivity contribution >= 4 is 12.6 Å². The number of rotatable bonds is 3. The van der Waals surface area contributed by atoms with Gasteiger partial charge in [0.05, 0.1) is 24.3 Å². The molecule has 0 unspecified atom stereocenters. The minimum absolute atomic E-state index is 0.270. The van der Waals surface area contributed by atoms with Gasteiger partial charge >= 0.3 is 7.12 Å². The van der Waals surface area contributed by atoms with Gasteiger partial charge in [-0.1, -0.05) is 12.1 Å². The van der Waals surface area contributed by atoms with Crippen LogP contribution in [0.5, 0.6) is 0 Å². The predicted molar refractivity (Wildman–Crippen MR) is 82.3 cm³/mol. The van der Waals surface area contributed by atoms with Gasteiger partial charge in [-0.05, 0) is 39.3 Å². The van der Waals surface area contributed by atoms with Gasteiger partial charge in [0, 0.05) is 12.0 Å². The van der Waals surface area contributed by atoms with Crippen LogP contribution in [0.15, 0.2) is 18.2 Å². The van der Waals surface area contributed by atoms with Crippen LogP contribution in [-0.4, -0.2) is 42.2 Å². The average Bonchev–Trinajstić information content (AvgIpc) is 2.56. The first kappa shape index (κ1) is 16.8. The first-order valence-electron chi connectivity index (χ1n) is 7.73. The largest absolute Gasteiger partial charge is 0.497 e. The van der Waals surface area contributed by atoms with Crippen LogP contribution in [-0.2, 0) is 15.9 Å². The molecule has 2 aliphatic heterocycles. The molecule has 0 atom stereocenters. The molecular formula is C16H21BF3NO2. The summed E-state index contributed by atoms with van der Waals surface area (Å²) in [7, 11) is -0.762. The Morgan fingerprint density at radius 3 is 2.13 bits per heavy atom. The third-order valence-electron chi connectivity index (χ3n) is 4.89. The van der Waals surface area contributed by atoms with Crippen molar-refractivity contribution in [2.24, 2.45) is 0 Å². The summed E-state index contributed by atoms with van der Waals surface area (Å²) in [4.78, 5) is 1.59. The Labute approximate surface area is 134 Å². The molecule has 2 aliphatic rings. The summed E-state index contributed by atoms with van der Waals surface area (Å²) in [5, 5.41) is 0. The molecule has 0 saturated carbocycles. The minimum atomic E-state index is -2.61. The van der Waals surface area contributed by atoms with Gasteiger partial charge in [0.2, 0.25) is 0 Å². The van der Waals surface area contributed by atoms with Crippen molar-refractivity contribution in [3.8, 4) is 0 Å². The van der Waals surface area contributed by atoms with Gasteiger partial charge in [-0.25, -0.2) is 13.2 Å². The number of hydrogen-bond donors (Lipinski definition) is 0. The molecule has 2 saturated heterocycles. The van der Waals surface area contributed by atoms with E-state index < -0.39 is 30.1 Å². The van der Waals surface area contributed by atoms with E-state index >= 15 is 0 Å². The van der Waals surface area contributed by atoms with Crippen LogP contribution in [0.4, 0.5) is 13.2 Å². The number of benzene rings is 1. The van der Waals surface area contributed by atoms with Crippen molar-refractivity contribution in [2.75, 3.05) is 13.1 Å². The third kappa shape index (κ3) is 3.14. The molecule has 1 aromatic rings. The van der Waals surface area contributed by atoms with Crippen molar-refractivity contribution in [2.45, 2.75) is 51.4 Å². The van der Waals surface area contributed by atoms with E-state index in [1.54, 1.807) is 17.0 Å². The van der Waals surface area contributed by atoms with Gasteiger partial charge in [0.15, 0.2) is 0 Å². The summed E-state index contributed by atoms with van der Waals surface area (Å²) in [6.07, 6.45) is 0. The van der Waals surface area contributed by atoms with Crippen LogP contribution in [0.3, 0.4) is 0 Å². The van der Waals surface area contributed by atoms with Crippen LogP contribution in [0.2, 0.25) is 0 Å². The Balaban J connectivity index is 1.71. The average molecular weight is 327 g/mol. The van der Waals surface area contributed by atoms with Crippen molar-refractivity contribution in [1.82, 2.24) is 4.90 Å². The van der Waals surface area contributed by atoms with Gasteiger partial charge in [0.1, 0.15) is 5.82 Å². The molecule has 0 spiro atoms. The Kier molecular flexibility index (Phi) is 3.82. The highest BCUT2D eigenvalue weighted by molar-refractivity contribution is 6.62. The summed E-state index contributed by atoms with van der Waals surface area (Å²) >= 11 is 0. The lowest BCUT2D eigenvalue weighted by molar-refractivity contribution is -0.133. The molecule has 0 radical (unpaired) electrons. The zero-order chi connectivity index (χ0) is 17.0. The smallest absolute Gasteiger partial charge is 0.399 e. The second kappa shape index (κ2) is 5.23. The lowest BCUT2D eigenvalue weighted by Gasteiger charge is -2.38. The first-order valence-corrected chi connectivity index (χ1v) is 7.73. The van der Waals surface area contributed by atoms with Crippen LogP contribution < -0.4 is 5.46 Å². The summed E-state index contributed by atoms with van der Waals surface area (Å²) in [6, 6.07) is 4.72. The van der Waals surface area contributed by atoms with Crippen LogP contribution in [0.1, 0.15) is 33.3 Å².